The monoisotopic (exact) mass is 233 g/mol. The van der Waals surface area contributed by atoms with Crippen LogP contribution >= 0.6 is 0 Å². The minimum atomic E-state index is 0.493. The molecule has 5 heteroatoms. The van der Waals surface area contributed by atoms with Crippen molar-refractivity contribution >= 4 is 11.5 Å². The number of nitrogen functional groups attached to an aromatic ring is 1. The highest BCUT2D eigenvalue weighted by Crippen LogP contribution is 2.19. The van der Waals surface area contributed by atoms with Crippen LogP contribution in [0.5, 0.6) is 0 Å². The van der Waals surface area contributed by atoms with E-state index >= 15 is 0 Å². The predicted octanol–water partition coefficient (Wildman–Crippen LogP) is 0.923. The van der Waals surface area contributed by atoms with E-state index in [-0.39, 0.29) is 0 Å². The third-order valence-corrected chi connectivity index (χ3v) is 2.48. The highest BCUT2D eigenvalue weighted by Gasteiger charge is 2.07. The van der Waals surface area contributed by atoms with Crippen LogP contribution < -0.4 is 10.6 Å². The number of nitrogens with zero attached hydrogens (tertiary/aromatic N) is 4. The Hall–Kier alpha value is -1.80. The standard InChI is InChI=1S/C12H19N5/c1-16(2)5-4-6-17(3)12-11(14)7-10(8-13)9-15-12/h7,9H,4-6,14H2,1-3H3. The summed E-state index contributed by atoms with van der Waals surface area (Å²) >= 11 is 0. The summed E-state index contributed by atoms with van der Waals surface area (Å²) in [5, 5.41) is 8.73. The van der Waals surface area contributed by atoms with Gasteiger partial charge in [0.15, 0.2) is 5.82 Å². The number of hydrogen-bond donors (Lipinski definition) is 1. The van der Waals surface area contributed by atoms with Crippen molar-refractivity contribution in [1.29, 1.82) is 5.26 Å². The summed E-state index contributed by atoms with van der Waals surface area (Å²) in [5.41, 5.74) is 6.91. The molecule has 0 radical (unpaired) electrons. The van der Waals surface area contributed by atoms with Crippen LogP contribution in [0.2, 0.25) is 0 Å². The van der Waals surface area contributed by atoms with Crippen molar-refractivity contribution in [2.24, 2.45) is 0 Å². The van der Waals surface area contributed by atoms with Crippen LogP contribution in [-0.4, -0.2) is 44.1 Å². The Labute approximate surface area is 102 Å². The topological polar surface area (TPSA) is 69.2 Å². The van der Waals surface area contributed by atoms with Crippen LogP contribution in [0.3, 0.4) is 0 Å². The number of aromatic nitrogens is 1. The maximum atomic E-state index is 8.73. The molecule has 0 aliphatic rings. The summed E-state index contributed by atoms with van der Waals surface area (Å²) in [4.78, 5) is 8.37. The average molecular weight is 233 g/mol. The van der Waals surface area contributed by atoms with Crippen LogP contribution in [0.15, 0.2) is 12.3 Å². The van der Waals surface area contributed by atoms with Crippen molar-refractivity contribution in [3.63, 3.8) is 0 Å². The van der Waals surface area contributed by atoms with Gasteiger partial charge >= 0.3 is 0 Å². The van der Waals surface area contributed by atoms with Crippen molar-refractivity contribution < 1.29 is 0 Å². The second-order valence-electron chi connectivity index (χ2n) is 4.33. The first kappa shape index (κ1) is 13.3. The van der Waals surface area contributed by atoms with Gasteiger partial charge in [-0.15, -0.1) is 0 Å². The van der Waals surface area contributed by atoms with E-state index in [4.69, 9.17) is 11.0 Å². The SMILES string of the molecule is CN(C)CCCN(C)c1ncc(C#N)cc1N. The molecule has 5 nitrogen and oxygen atoms in total. The first-order valence-corrected chi connectivity index (χ1v) is 5.56. The quantitative estimate of drug-likeness (QED) is 0.819. The van der Waals surface area contributed by atoms with Crippen molar-refractivity contribution in [1.82, 2.24) is 9.88 Å². The second-order valence-corrected chi connectivity index (χ2v) is 4.33. The number of rotatable bonds is 5. The smallest absolute Gasteiger partial charge is 0.151 e. The molecule has 2 N–H and O–H groups in total. The van der Waals surface area contributed by atoms with E-state index in [1.807, 2.05) is 32.1 Å². The molecule has 1 aromatic heterocycles. The summed E-state index contributed by atoms with van der Waals surface area (Å²) in [5.74, 6) is 0.739. The Morgan fingerprint density at radius 2 is 2.06 bits per heavy atom. The van der Waals surface area contributed by atoms with Gasteiger partial charge in [-0.3, -0.25) is 0 Å². The van der Waals surface area contributed by atoms with Crippen LogP contribution in [-0.2, 0) is 0 Å². The van der Waals surface area contributed by atoms with Gasteiger partial charge in [-0.05, 0) is 33.1 Å². The van der Waals surface area contributed by atoms with Gasteiger partial charge in [0.25, 0.3) is 0 Å². The summed E-state index contributed by atoms with van der Waals surface area (Å²) in [6.45, 7) is 1.92. The van der Waals surface area contributed by atoms with Gasteiger partial charge in [0.2, 0.25) is 0 Å². The second kappa shape index (κ2) is 6.06. The molecule has 0 atom stereocenters. The number of anilines is 2. The van der Waals surface area contributed by atoms with Crippen molar-refractivity contribution in [3.05, 3.63) is 17.8 Å². The molecule has 1 rings (SSSR count). The van der Waals surface area contributed by atoms with Gasteiger partial charge in [0.1, 0.15) is 6.07 Å². The van der Waals surface area contributed by atoms with E-state index in [1.54, 1.807) is 12.3 Å². The fourth-order valence-electron chi connectivity index (χ4n) is 1.58. The lowest BCUT2D eigenvalue weighted by Crippen LogP contribution is -2.24. The number of hydrogen-bond acceptors (Lipinski definition) is 5. The fraction of sp³-hybridized carbons (Fsp3) is 0.500. The first-order valence-electron chi connectivity index (χ1n) is 5.56. The normalized spacial score (nSPS) is 10.3. The molecule has 0 bridgehead atoms. The molecule has 0 saturated carbocycles. The number of pyridine rings is 1. The van der Waals surface area contributed by atoms with Gasteiger partial charge < -0.3 is 15.5 Å². The highest BCUT2D eigenvalue weighted by atomic mass is 15.2. The van der Waals surface area contributed by atoms with Gasteiger partial charge in [0.05, 0.1) is 11.3 Å². The maximum Gasteiger partial charge on any atom is 0.151 e. The Bertz CT molecular complexity index is 408. The van der Waals surface area contributed by atoms with Crippen LogP contribution in [0.25, 0.3) is 0 Å². The van der Waals surface area contributed by atoms with Crippen molar-refractivity contribution in [2.75, 3.05) is 44.9 Å². The number of nitrogens with two attached hydrogens (primary N) is 1. The molecule has 0 unspecified atom stereocenters. The minimum Gasteiger partial charge on any atom is -0.396 e. The third kappa shape index (κ3) is 3.93. The van der Waals surface area contributed by atoms with Gasteiger partial charge in [-0.2, -0.15) is 5.26 Å². The van der Waals surface area contributed by atoms with Crippen molar-refractivity contribution in [3.8, 4) is 6.07 Å². The van der Waals surface area contributed by atoms with Crippen LogP contribution in [0, 0.1) is 11.3 Å². The van der Waals surface area contributed by atoms with E-state index in [1.165, 1.54) is 0 Å². The summed E-state index contributed by atoms with van der Waals surface area (Å²) < 4.78 is 0. The molecule has 0 aliphatic heterocycles. The highest BCUT2D eigenvalue weighted by molar-refractivity contribution is 5.64. The molecule has 0 saturated heterocycles. The van der Waals surface area contributed by atoms with Gasteiger partial charge in [-0.25, -0.2) is 4.98 Å². The average Bonchev–Trinajstić information content (AvgIpc) is 2.28. The summed E-state index contributed by atoms with van der Waals surface area (Å²) in [6, 6.07) is 3.68. The van der Waals surface area contributed by atoms with E-state index in [0.717, 1.165) is 25.3 Å². The molecule has 0 aromatic carbocycles. The van der Waals surface area contributed by atoms with Crippen molar-refractivity contribution in [2.45, 2.75) is 6.42 Å². The molecular weight excluding hydrogens is 214 g/mol. The molecule has 17 heavy (non-hydrogen) atoms. The van der Waals surface area contributed by atoms with E-state index in [2.05, 4.69) is 9.88 Å². The Morgan fingerprint density at radius 3 is 2.59 bits per heavy atom. The minimum absolute atomic E-state index is 0.493. The summed E-state index contributed by atoms with van der Waals surface area (Å²) in [6.07, 6.45) is 2.60. The predicted molar refractivity (Wildman–Crippen MR) is 69.8 cm³/mol. The zero-order valence-corrected chi connectivity index (χ0v) is 10.6. The third-order valence-electron chi connectivity index (χ3n) is 2.48. The lowest BCUT2D eigenvalue weighted by molar-refractivity contribution is 0.401. The van der Waals surface area contributed by atoms with Gasteiger partial charge in [0, 0.05) is 19.8 Å². The molecule has 0 spiro atoms. The molecule has 0 amide bonds. The van der Waals surface area contributed by atoms with Crippen LogP contribution in [0.4, 0.5) is 11.5 Å². The molecule has 92 valence electrons. The fourth-order valence-corrected chi connectivity index (χ4v) is 1.58. The lowest BCUT2D eigenvalue weighted by atomic mass is 10.2. The lowest BCUT2D eigenvalue weighted by Gasteiger charge is -2.20. The number of nitriles is 1. The van der Waals surface area contributed by atoms with Crippen LogP contribution in [0.1, 0.15) is 12.0 Å². The Morgan fingerprint density at radius 1 is 1.35 bits per heavy atom. The first-order chi connectivity index (χ1) is 8.04. The largest absolute Gasteiger partial charge is 0.396 e. The molecule has 0 fully saturated rings. The Balaban J connectivity index is 2.63. The molecular formula is C12H19N5. The summed E-state index contributed by atoms with van der Waals surface area (Å²) in [7, 11) is 6.06. The molecule has 1 aromatic rings. The van der Waals surface area contributed by atoms with E-state index < -0.39 is 0 Å². The zero-order chi connectivity index (χ0) is 12.8. The van der Waals surface area contributed by atoms with Gasteiger partial charge in [-0.1, -0.05) is 0 Å². The van der Waals surface area contributed by atoms with E-state index in [9.17, 15) is 0 Å². The Kier molecular flexibility index (Phi) is 4.73. The molecule has 1 heterocycles. The molecule has 0 aliphatic carbocycles. The zero-order valence-electron chi connectivity index (χ0n) is 10.6. The van der Waals surface area contributed by atoms with E-state index in [0.29, 0.717) is 11.3 Å². The maximum absolute atomic E-state index is 8.73.